The van der Waals surface area contributed by atoms with E-state index in [-0.39, 0.29) is 18.5 Å². The lowest BCUT2D eigenvalue weighted by molar-refractivity contribution is 0.0960. The van der Waals surface area contributed by atoms with Crippen LogP contribution >= 0.6 is 0 Å². The zero-order valence-corrected chi connectivity index (χ0v) is 18.3. The van der Waals surface area contributed by atoms with Crippen LogP contribution in [0.4, 0.5) is 0 Å². The maximum atomic E-state index is 13.6. The Bertz CT molecular complexity index is 1630. The van der Waals surface area contributed by atoms with E-state index in [1.54, 1.807) is 10.9 Å². The minimum atomic E-state index is -0.125. The van der Waals surface area contributed by atoms with E-state index >= 15 is 0 Å². The molecule has 1 fully saturated rings. The van der Waals surface area contributed by atoms with Crippen molar-refractivity contribution >= 4 is 33.2 Å². The van der Waals surface area contributed by atoms with Crippen LogP contribution in [0, 0.1) is 0 Å². The highest BCUT2D eigenvalue weighted by atomic mass is 16.7. The standard InChI is InChI=1S/C25H21N5O4/c31-25-21-22-24(28-18-6-2-1-5-17(18)27-22)30(11-15-7-8-19-20(10-15)34-14-33-19)23(21)26-13-29(25)12-16-4-3-9-32-16/h1-2,5-8,10,13,16H,3-4,9,11-12,14H2/t16-/m0/s1. The summed E-state index contributed by atoms with van der Waals surface area (Å²) in [5.74, 6) is 1.44. The van der Waals surface area contributed by atoms with Crippen LogP contribution in [0.3, 0.4) is 0 Å². The summed E-state index contributed by atoms with van der Waals surface area (Å²) in [6, 6.07) is 13.5. The Hall–Kier alpha value is -3.98. The predicted octanol–water partition coefficient (Wildman–Crippen LogP) is 3.25. The highest BCUT2D eigenvalue weighted by Crippen LogP contribution is 2.33. The minimum Gasteiger partial charge on any atom is -0.454 e. The lowest BCUT2D eigenvalue weighted by Gasteiger charge is -2.11. The van der Waals surface area contributed by atoms with Crippen molar-refractivity contribution in [2.45, 2.75) is 32.0 Å². The van der Waals surface area contributed by atoms with Crippen LogP contribution in [0.1, 0.15) is 18.4 Å². The number of ether oxygens (including phenoxy) is 3. The first-order valence-corrected chi connectivity index (χ1v) is 11.4. The Morgan fingerprint density at radius 3 is 2.71 bits per heavy atom. The largest absolute Gasteiger partial charge is 0.454 e. The topological polar surface area (TPSA) is 93.3 Å². The Labute approximate surface area is 193 Å². The van der Waals surface area contributed by atoms with Gasteiger partial charge < -0.3 is 18.8 Å². The van der Waals surface area contributed by atoms with Crippen LogP contribution in [-0.4, -0.2) is 43.6 Å². The third kappa shape index (κ3) is 3.04. The molecule has 0 radical (unpaired) electrons. The van der Waals surface area contributed by atoms with Gasteiger partial charge in [0.2, 0.25) is 6.79 Å². The molecule has 0 spiro atoms. The fourth-order valence-electron chi connectivity index (χ4n) is 4.85. The van der Waals surface area contributed by atoms with Crippen LogP contribution in [0.2, 0.25) is 0 Å². The Balaban J connectivity index is 1.44. The average Bonchev–Trinajstić information content (AvgIpc) is 3.60. The second-order valence-corrected chi connectivity index (χ2v) is 8.69. The molecule has 3 aromatic heterocycles. The number of hydrogen-bond donors (Lipinski definition) is 0. The maximum Gasteiger partial charge on any atom is 0.265 e. The number of para-hydroxylation sites is 2. The lowest BCUT2D eigenvalue weighted by Crippen LogP contribution is -2.26. The summed E-state index contributed by atoms with van der Waals surface area (Å²) in [4.78, 5) is 28.1. The molecule has 5 aromatic rings. The van der Waals surface area contributed by atoms with Crippen LogP contribution in [0.15, 0.2) is 53.6 Å². The first-order valence-electron chi connectivity index (χ1n) is 11.4. The lowest BCUT2D eigenvalue weighted by atomic mass is 10.2. The number of hydrogen-bond acceptors (Lipinski definition) is 7. The van der Waals surface area contributed by atoms with Gasteiger partial charge in [-0.05, 0) is 42.7 Å². The van der Waals surface area contributed by atoms with Gasteiger partial charge in [-0.25, -0.2) is 15.0 Å². The summed E-state index contributed by atoms with van der Waals surface area (Å²) in [6.45, 7) is 1.91. The Morgan fingerprint density at radius 1 is 1.00 bits per heavy atom. The normalized spacial score (nSPS) is 17.4. The van der Waals surface area contributed by atoms with Crippen LogP contribution in [0.25, 0.3) is 33.2 Å². The van der Waals surface area contributed by atoms with Gasteiger partial charge in [-0.3, -0.25) is 9.36 Å². The fraction of sp³-hybridized carbons (Fsp3) is 0.280. The molecule has 2 aromatic carbocycles. The average molecular weight is 455 g/mol. The molecule has 0 unspecified atom stereocenters. The molecule has 7 rings (SSSR count). The van der Waals surface area contributed by atoms with Gasteiger partial charge in [-0.15, -0.1) is 0 Å². The van der Waals surface area contributed by atoms with Gasteiger partial charge in [0.25, 0.3) is 5.56 Å². The maximum absolute atomic E-state index is 13.6. The van der Waals surface area contributed by atoms with Crippen molar-refractivity contribution in [1.82, 2.24) is 24.1 Å². The highest BCUT2D eigenvalue weighted by molar-refractivity contribution is 6.04. The summed E-state index contributed by atoms with van der Waals surface area (Å²) in [6.07, 6.45) is 3.61. The second-order valence-electron chi connectivity index (χ2n) is 8.69. The Kier molecular flexibility index (Phi) is 4.31. The van der Waals surface area contributed by atoms with Crippen molar-refractivity contribution in [2.75, 3.05) is 13.4 Å². The van der Waals surface area contributed by atoms with Crippen LogP contribution < -0.4 is 15.0 Å². The highest BCUT2D eigenvalue weighted by Gasteiger charge is 2.23. The van der Waals surface area contributed by atoms with E-state index in [4.69, 9.17) is 29.2 Å². The molecule has 1 saturated heterocycles. The molecule has 2 aliphatic rings. The van der Waals surface area contributed by atoms with Gasteiger partial charge >= 0.3 is 0 Å². The van der Waals surface area contributed by atoms with Crippen molar-refractivity contribution in [3.05, 3.63) is 64.7 Å². The van der Waals surface area contributed by atoms with E-state index in [1.165, 1.54) is 0 Å². The van der Waals surface area contributed by atoms with E-state index in [0.717, 1.165) is 41.8 Å². The van der Waals surface area contributed by atoms with E-state index in [9.17, 15) is 4.79 Å². The summed E-state index contributed by atoms with van der Waals surface area (Å²) < 4.78 is 20.3. The quantitative estimate of drug-likeness (QED) is 0.411. The minimum absolute atomic E-state index is 0.0332. The van der Waals surface area contributed by atoms with Crippen LogP contribution in [0.5, 0.6) is 11.5 Å². The Morgan fingerprint density at radius 2 is 1.85 bits per heavy atom. The van der Waals surface area contributed by atoms with Crippen molar-refractivity contribution in [3.8, 4) is 11.5 Å². The zero-order valence-electron chi connectivity index (χ0n) is 18.3. The molecular formula is C25H21N5O4. The van der Waals surface area contributed by atoms with E-state index in [1.807, 2.05) is 47.0 Å². The van der Waals surface area contributed by atoms with Gasteiger partial charge in [0.15, 0.2) is 22.8 Å². The summed E-state index contributed by atoms with van der Waals surface area (Å²) in [5.41, 5.74) is 4.13. The zero-order chi connectivity index (χ0) is 22.6. The fourth-order valence-corrected chi connectivity index (χ4v) is 4.85. The third-order valence-corrected chi connectivity index (χ3v) is 6.52. The molecule has 2 aliphatic heterocycles. The van der Waals surface area contributed by atoms with Crippen molar-refractivity contribution < 1.29 is 14.2 Å². The molecule has 5 heterocycles. The predicted molar refractivity (Wildman–Crippen MR) is 125 cm³/mol. The monoisotopic (exact) mass is 455 g/mol. The van der Waals surface area contributed by atoms with Crippen molar-refractivity contribution in [3.63, 3.8) is 0 Å². The molecule has 34 heavy (non-hydrogen) atoms. The number of rotatable bonds is 4. The van der Waals surface area contributed by atoms with Crippen molar-refractivity contribution in [2.24, 2.45) is 0 Å². The number of fused-ring (bicyclic) bond motifs is 5. The van der Waals surface area contributed by atoms with Gasteiger partial charge in [0.05, 0.1) is 36.6 Å². The smallest absolute Gasteiger partial charge is 0.265 e. The molecule has 0 saturated carbocycles. The first-order chi connectivity index (χ1) is 16.7. The number of aromatic nitrogens is 5. The molecule has 170 valence electrons. The number of nitrogens with zero attached hydrogens (tertiary/aromatic N) is 5. The van der Waals surface area contributed by atoms with Crippen molar-refractivity contribution in [1.29, 1.82) is 0 Å². The summed E-state index contributed by atoms with van der Waals surface area (Å²) in [7, 11) is 0. The number of benzene rings is 2. The van der Waals surface area contributed by atoms with Gasteiger partial charge in [-0.1, -0.05) is 18.2 Å². The molecule has 9 heteroatoms. The third-order valence-electron chi connectivity index (χ3n) is 6.52. The van der Waals surface area contributed by atoms with Gasteiger partial charge in [0.1, 0.15) is 10.9 Å². The summed E-state index contributed by atoms with van der Waals surface area (Å²) >= 11 is 0. The molecule has 0 amide bonds. The second kappa shape index (κ2) is 7.53. The van der Waals surface area contributed by atoms with Gasteiger partial charge in [0, 0.05) is 6.61 Å². The SMILES string of the molecule is O=c1c2c3nc4ccccc4nc3n(Cc3ccc4c(c3)OCO4)c2ncn1C[C@@H]1CCCO1. The molecule has 9 nitrogen and oxygen atoms in total. The first kappa shape index (κ1) is 19.5. The molecule has 0 N–H and O–H groups in total. The molecule has 1 atom stereocenters. The van der Waals surface area contributed by atoms with Crippen LogP contribution in [-0.2, 0) is 17.8 Å². The summed E-state index contributed by atoms with van der Waals surface area (Å²) in [5, 5.41) is 0.481. The van der Waals surface area contributed by atoms with E-state index in [0.29, 0.717) is 41.0 Å². The molecular weight excluding hydrogens is 434 g/mol. The van der Waals surface area contributed by atoms with E-state index in [2.05, 4.69) is 0 Å². The molecule has 0 aliphatic carbocycles. The van der Waals surface area contributed by atoms with E-state index < -0.39 is 0 Å². The molecule has 0 bridgehead atoms. The van der Waals surface area contributed by atoms with Gasteiger partial charge in [-0.2, -0.15) is 0 Å².